The van der Waals surface area contributed by atoms with E-state index in [1.807, 2.05) is 48.5 Å². The van der Waals surface area contributed by atoms with Gasteiger partial charge < -0.3 is 4.74 Å². The number of hydrogen-bond donors (Lipinski definition) is 1. The minimum absolute atomic E-state index is 0.319. The molecule has 4 nitrogen and oxygen atoms in total. The van der Waals surface area contributed by atoms with Gasteiger partial charge in [0.15, 0.2) is 0 Å². The molecule has 0 fully saturated rings. The van der Waals surface area contributed by atoms with Gasteiger partial charge in [-0.15, -0.1) is 11.3 Å². The van der Waals surface area contributed by atoms with Crippen molar-refractivity contribution >= 4 is 45.1 Å². The smallest absolute Gasteiger partial charge is 0.283 e. The van der Waals surface area contributed by atoms with Gasteiger partial charge in [0.1, 0.15) is 10.6 Å². The molecule has 1 N–H and O–H groups in total. The van der Waals surface area contributed by atoms with Crippen molar-refractivity contribution in [3.05, 3.63) is 64.0 Å². The van der Waals surface area contributed by atoms with E-state index < -0.39 is 0 Å². The molecule has 0 atom stereocenters. The Labute approximate surface area is 142 Å². The maximum atomic E-state index is 12.2. The predicted octanol–water partition coefficient (Wildman–Crippen LogP) is 4.33. The molecular formula is C17H13ClN2O2S. The number of nitrogens with one attached hydrogen (secondary N) is 1. The largest absolute Gasteiger partial charge is 0.497 e. The van der Waals surface area contributed by atoms with Crippen molar-refractivity contribution in [2.45, 2.75) is 0 Å². The van der Waals surface area contributed by atoms with Crippen LogP contribution >= 0.6 is 22.9 Å². The summed E-state index contributed by atoms with van der Waals surface area (Å²) in [5.74, 6) is 0.448. The fraction of sp³-hybridized carbons (Fsp3) is 0.0588. The summed E-state index contributed by atoms with van der Waals surface area (Å²) >= 11 is 7.61. The minimum atomic E-state index is -0.319. The second-order valence-corrected chi connectivity index (χ2v) is 6.14. The van der Waals surface area contributed by atoms with E-state index >= 15 is 0 Å². The van der Waals surface area contributed by atoms with E-state index in [-0.39, 0.29) is 5.91 Å². The molecule has 116 valence electrons. The number of carbonyl (C=O) groups is 1. The maximum Gasteiger partial charge on any atom is 0.283 e. The second-order valence-electron chi connectivity index (χ2n) is 4.71. The van der Waals surface area contributed by atoms with Gasteiger partial charge in [0.2, 0.25) is 0 Å². The van der Waals surface area contributed by atoms with Crippen LogP contribution in [0.4, 0.5) is 0 Å². The van der Waals surface area contributed by atoms with Crippen molar-refractivity contribution in [1.82, 2.24) is 5.43 Å². The van der Waals surface area contributed by atoms with E-state index in [1.165, 1.54) is 11.3 Å². The Morgan fingerprint density at radius 1 is 1.22 bits per heavy atom. The number of amides is 1. The highest BCUT2D eigenvalue weighted by Gasteiger charge is 2.16. The zero-order valence-electron chi connectivity index (χ0n) is 12.2. The Balaban J connectivity index is 1.72. The van der Waals surface area contributed by atoms with Gasteiger partial charge in [-0.05, 0) is 35.9 Å². The van der Waals surface area contributed by atoms with Gasteiger partial charge in [0.25, 0.3) is 5.91 Å². The van der Waals surface area contributed by atoms with Crippen LogP contribution in [0.3, 0.4) is 0 Å². The number of hydrazone groups is 1. The lowest BCUT2D eigenvalue weighted by atomic mass is 10.2. The van der Waals surface area contributed by atoms with Gasteiger partial charge in [0, 0.05) is 10.1 Å². The number of methoxy groups -OCH3 is 1. The van der Waals surface area contributed by atoms with Crippen LogP contribution in [0.2, 0.25) is 5.02 Å². The quantitative estimate of drug-likeness (QED) is 0.565. The molecular weight excluding hydrogens is 332 g/mol. The zero-order chi connectivity index (χ0) is 16.2. The van der Waals surface area contributed by atoms with E-state index in [0.29, 0.717) is 9.90 Å². The van der Waals surface area contributed by atoms with Crippen molar-refractivity contribution in [2.75, 3.05) is 7.11 Å². The molecule has 0 saturated heterocycles. The normalized spacial score (nSPS) is 11.0. The highest BCUT2D eigenvalue weighted by Crippen LogP contribution is 2.34. The number of fused-ring (bicyclic) bond motifs is 1. The molecule has 3 rings (SSSR count). The third kappa shape index (κ3) is 3.36. The standard InChI is InChI=1S/C17H13ClN2O2S/c1-22-12-8-6-11(7-9-12)10-19-20-17(21)16-15(18)13-4-2-3-5-14(13)23-16/h2-10H,1H3,(H,20,21)/b19-10-. The number of rotatable bonds is 4. The molecule has 1 aromatic heterocycles. The van der Waals surface area contributed by atoms with E-state index in [2.05, 4.69) is 10.5 Å². The Morgan fingerprint density at radius 2 is 1.96 bits per heavy atom. The Hall–Kier alpha value is -2.37. The lowest BCUT2D eigenvalue weighted by Gasteiger charge is -1.99. The average Bonchev–Trinajstić information content (AvgIpc) is 2.93. The molecule has 0 spiro atoms. The first-order valence-electron chi connectivity index (χ1n) is 6.83. The van der Waals surface area contributed by atoms with Crippen LogP contribution in [0, 0.1) is 0 Å². The molecule has 0 aliphatic heterocycles. The summed E-state index contributed by atoms with van der Waals surface area (Å²) in [7, 11) is 1.61. The van der Waals surface area contributed by atoms with Crippen molar-refractivity contribution in [2.24, 2.45) is 5.10 Å². The fourth-order valence-corrected chi connectivity index (χ4v) is 3.47. The molecule has 6 heteroatoms. The van der Waals surface area contributed by atoms with Crippen LogP contribution in [-0.2, 0) is 0 Å². The molecule has 23 heavy (non-hydrogen) atoms. The molecule has 0 unspecified atom stereocenters. The Kier molecular flexibility index (Phi) is 4.60. The number of ether oxygens (including phenoxy) is 1. The second kappa shape index (κ2) is 6.81. The number of benzene rings is 2. The van der Waals surface area contributed by atoms with Crippen molar-refractivity contribution in [1.29, 1.82) is 0 Å². The third-order valence-corrected chi connectivity index (χ3v) is 4.91. The molecule has 3 aromatic rings. The number of hydrogen-bond acceptors (Lipinski definition) is 4. The molecule has 0 bridgehead atoms. The molecule has 1 heterocycles. The molecule has 0 radical (unpaired) electrons. The van der Waals surface area contributed by atoms with E-state index in [9.17, 15) is 4.79 Å². The van der Waals surface area contributed by atoms with Crippen molar-refractivity contribution in [3.8, 4) is 5.75 Å². The molecule has 0 saturated carbocycles. The van der Waals surface area contributed by atoms with Gasteiger partial charge in [-0.3, -0.25) is 4.79 Å². The fourth-order valence-electron chi connectivity index (χ4n) is 2.07. The van der Waals surface area contributed by atoms with E-state index in [4.69, 9.17) is 16.3 Å². The van der Waals surface area contributed by atoms with E-state index in [0.717, 1.165) is 21.4 Å². The molecule has 1 amide bonds. The number of halogens is 1. The van der Waals surface area contributed by atoms with Gasteiger partial charge in [0.05, 0.1) is 18.3 Å². The van der Waals surface area contributed by atoms with Crippen molar-refractivity contribution < 1.29 is 9.53 Å². The summed E-state index contributed by atoms with van der Waals surface area (Å²) in [4.78, 5) is 12.7. The van der Waals surface area contributed by atoms with Crippen LogP contribution in [-0.4, -0.2) is 19.2 Å². The predicted molar refractivity (Wildman–Crippen MR) is 94.9 cm³/mol. The Bertz CT molecular complexity index is 872. The summed E-state index contributed by atoms with van der Waals surface area (Å²) < 4.78 is 6.06. The van der Waals surface area contributed by atoms with Crippen LogP contribution in [0.15, 0.2) is 53.6 Å². The van der Waals surface area contributed by atoms with Crippen LogP contribution < -0.4 is 10.2 Å². The number of thiophene rings is 1. The summed E-state index contributed by atoms with van der Waals surface area (Å²) in [5, 5.41) is 5.31. The van der Waals surface area contributed by atoms with Crippen LogP contribution in [0.25, 0.3) is 10.1 Å². The first-order chi connectivity index (χ1) is 11.2. The SMILES string of the molecule is COc1ccc(/C=N\NC(=O)c2sc3ccccc3c2Cl)cc1. The maximum absolute atomic E-state index is 12.2. The lowest BCUT2D eigenvalue weighted by molar-refractivity contribution is 0.0959. The average molecular weight is 345 g/mol. The monoisotopic (exact) mass is 344 g/mol. The van der Waals surface area contributed by atoms with Gasteiger partial charge in [-0.25, -0.2) is 5.43 Å². The summed E-state index contributed by atoms with van der Waals surface area (Å²) in [6.07, 6.45) is 1.57. The molecule has 0 aliphatic rings. The van der Waals surface area contributed by atoms with Gasteiger partial charge in [-0.1, -0.05) is 29.8 Å². The first kappa shape index (κ1) is 15.5. The third-order valence-electron chi connectivity index (χ3n) is 3.24. The topological polar surface area (TPSA) is 50.7 Å². The summed E-state index contributed by atoms with van der Waals surface area (Å²) in [6.45, 7) is 0. The highest BCUT2D eigenvalue weighted by molar-refractivity contribution is 7.21. The number of nitrogens with zero attached hydrogens (tertiary/aromatic N) is 1. The summed E-state index contributed by atoms with van der Waals surface area (Å²) in [5.41, 5.74) is 3.36. The Morgan fingerprint density at radius 3 is 2.65 bits per heavy atom. The zero-order valence-corrected chi connectivity index (χ0v) is 13.8. The van der Waals surface area contributed by atoms with Crippen LogP contribution in [0.1, 0.15) is 15.2 Å². The first-order valence-corrected chi connectivity index (χ1v) is 8.03. The van der Waals surface area contributed by atoms with E-state index in [1.54, 1.807) is 13.3 Å². The lowest BCUT2D eigenvalue weighted by Crippen LogP contribution is -2.16. The van der Waals surface area contributed by atoms with Gasteiger partial charge in [-0.2, -0.15) is 5.10 Å². The molecule has 0 aliphatic carbocycles. The highest BCUT2D eigenvalue weighted by atomic mass is 35.5. The van der Waals surface area contributed by atoms with Gasteiger partial charge >= 0.3 is 0 Å². The minimum Gasteiger partial charge on any atom is -0.497 e. The summed E-state index contributed by atoms with van der Waals surface area (Å²) in [6, 6.07) is 15.0. The number of carbonyl (C=O) groups excluding carboxylic acids is 1. The molecule has 2 aromatic carbocycles. The van der Waals surface area contributed by atoms with Crippen LogP contribution in [0.5, 0.6) is 5.75 Å². The van der Waals surface area contributed by atoms with Crippen molar-refractivity contribution in [3.63, 3.8) is 0 Å².